The van der Waals surface area contributed by atoms with E-state index in [1.54, 1.807) is 0 Å². The van der Waals surface area contributed by atoms with E-state index in [1.165, 1.54) is 0 Å². The Morgan fingerprint density at radius 1 is 1.36 bits per heavy atom. The number of amides is 1. The number of carbonyl (C=O) groups is 1. The van der Waals surface area contributed by atoms with Crippen LogP contribution in [0.5, 0.6) is 0 Å². The zero-order valence-electron chi connectivity index (χ0n) is 15.9. The summed E-state index contributed by atoms with van der Waals surface area (Å²) in [5, 5.41) is 11.3. The van der Waals surface area contributed by atoms with Crippen LogP contribution < -0.4 is 0 Å². The van der Waals surface area contributed by atoms with Crippen LogP contribution >= 0.6 is 0 Å². The van der Waals surface area contributed by atoms with Crippen molar-refractivity contribution in [3.05, 3.63) is 23.2 Å². The smallest absolute Gasteiger partial charge is 0.257 e. The number of hydrogen-bond acceptors (Lipinski definition) is 4. The molecular formula is C20H31NO4. The summed E-state index contributed by atoms with van der Waals surface area (Å²) in [6.07, 6.45) is 2.46. The lowest BCUT2D eigenvalue weighted by Gasteiger charge is -2.48. The van der Waals surface area contributed by atoms with E-state index in [1.807, 2.05) is 17.9 Å². The van der Waals surface area contributed by atoms with Crippen LogP contribution in [0.2, 0.25) is 0 Å². The van der Waals surface area contributed by atoms with Crippen LogP contribution in [0.25, 0.3) is 0 Å². The molecular weight excluding hydrogens is 318 g/mol. The van der Waals surface area contributed by atoms with Crippen molar-refractivity contribution in [1.29, 1.82) is 0 Å². The highest BCUT2D eigenvalue weighted by atomic mass is 16.5. The van der Waals surface area contributed by atoms with Crippen LogP contribution in [0, 0.1) is 18.8 Å². The standard InChI is InChI=1S/C20H31NO4/c1-13(2)18-11-17(15(4)25-18)19(22)21-8-7-20(23,14(3)12-21)16-5-9-24-10-6-16/h11,13-14,16,23H,5-10,12H2,1-4H3/t14-,20+/m1/s1. The average molecular weight is 349 g/mol. The highest BCUT2D eigenvalue weighted by Gasteiger charge is 2.46. The second kappa shape index (κ2) is 7.12. The van der Waals surface area contributed by atoms with Crippen LogP contribution in [-0.4, -0.2) is 47.8 Å². The SMILES string of the molecule is Cc1oc(C(C)C)cc1C(=O)N1CC[C@@](O)(C2CCOCC2)[C@H](C)C1. The molecule has 0 aliphatic carbocycles. The highest BCUT2D eigenvalue weighted by Crippen LogP contribution is 2.39. The van der Waals surface area contributed by atoms with Gasteiger partial charge in [-0.25, -0.2) is 0 Å². The molecule has 2 aliphatic heterocycles. The van der Waals surface area contributed by atoms with Gasteiger partial charge in [-0.3, -0.25) is 4.79 Å². The largest absolute Gasteiger partial charge is 0.465 e. The number of likely N-dealkylation sites (tertiary alicyclic amines) is 1. The molecule has 2 fully saturated rings. The lowest BCUT2D eigenvalue weighted by molar-refractivity contribution is -0.125. The number of carbonyl (C=O) groups excluding carboxylic acids is 1. The third kappa shape index (κ3) is 3.49. The van der Waals surface area contributed by atoms with Crippen LogP contribution in [0.4, 0.5) is 0 Å². The zero-order valence-corrected chi connectivity index (χ0v) is 15.9. The molecule has 1 aromatic heterocycles. The first-order valence-electron chi connectivity index (χ1n) is 9.52. The summed E-state index contributed by atoms with van der Waals surface area (Å²) in [6, 6.07) is 1.88. The van der Waals surface area contributed by atoms with Crippen molar-refractivity contribution in [3.63, 3.8) is 0 Å². The average Bonchev–Trinajstić information content (AvgIpc) is 2.99. The number of piperidine rings is 1. The van der Waals surface area contributed by atoms with E-state index in [-0.39, 0.29) is 23.7 Å². The molecule has 2 atom stereocenters. The first-order valence-corrected chi connectivity index (χ1v) is 9.52. The first-order chi connectivity index (χ1) is 11.8. The molecule has 5 heteroatoms. The Labute approximate surface area is 150 Å². The topological polar surface area (TPSA) is 62.9 Å². The molecule has 1 amide bonds. The molecule has 0 bridgehead atoms. The van der Waals surface area contributed by atoms with Crippen molar-refractivity contribution in [2.24, 2.45) is 11.8 Å². The van der Waals surface area contributed by atoms with E-state index in [2.05, 4.69) is 20.8 Å². The van der Waals surface area contributed by atoms with E-state index in [9.17, 15) is 9.90 Å². The Morgan fingerprint density at radius 3 is 2.60 bits per heavy atom. The van der Waals surface area contributed by atoms with Gasteiger partial charge in [0.1, 0.15) is 11.5 Å². The van der Waals surface area contributed by atoms with Gasteiger partial charge >= 0.3 is 0 Å². The normalized spacial score (nSPS) is 28.6. The second-order valence-corrected chi connectivity index (χ2v) is 8.05. The molecule has 0 saturated carbocycles. The highest BCUT2D eigenvalue weighted by molar-refractivity contribution is 5.95. The maximum Gasteiger partial charge on any atom is 0.257 e. The molecule has 1 N–H and O–H groups in total. The minimum Gasteiger partial charge on any atom is -0.465 e. The number of rotatable bonds is 3. The van der Waals surface area contributed by atoms with E-state index >= 15 is 0 Å². The van der Waals surface area contributed by atoms with Gasteiger partial charge in [0.05, 0.1) is 11.2 Å². The Morgan fingerprint density at radius 2 is 2.04 bits per heavy atom. The summed E-state index contributed by atoms with van der Waals surface area (Å²) in [4.78, 5) is 14.8. The molecule has 2 aliphatic rings. The second-order valence-electron chi connectivity index (χ2n) is 8.05. The van der Waals surface area contributed by atoms with Gasteiger partial charge in [-0.15, -0.1) is 0 Å². The molecule has 0 radical (unpaired) electrons. The van der Waals surface area contributed by atoms with E-state index in [0.29, 0.717) is 30.8 Å². The minimum absolute atomic E-state index is 0.0222. The lowest BCUT2D eigenvalue weighted by Crippen LogP contribution is -2.56. The number of aryl methyl sites for hydroxylation is 1. The molecule has 25 heavy (non-hydrogen) atoms. The number of furan rings is 1. The third-order valence-electron chi connectivity index (χ3n) is 6.08. The fraction of sp³-hybridized carbons (Fsp3) is 0.750. The summed E-state index contributed by atoms with van der Waals surface area (Å²) in [5.74, 6) is 2.16. The Balaban J connectivity index is 1.71. The Kier molecular flexibility index (Phi) is 5.26. The predicted octanol–water partition coefficient (Wildman–Crippen LogP) is 3.35. The molecule has 0 aromatic carbocycles. The molecule has 3 rings (SSSR count). The number of hydrogen-bond donors (Lipinski definition) is 1. The molecule has 5 nitrogen and oxygen atoms in total. The van der Waals surface area contributed by atoms with E-state index in [4.69, 9.17) is 9.15 Å². The van der Waals surface area contributed by atoms with Crippen LogP contribution in [-0.2, 0) is 4.74 Å². The van der Waals surface area contributed by atoms with Gasteiger partial charge in [0.15, 0.2) is 0 Å². The van der Waals surface area contributed by atoms with E-state index < -0.39 is 5.60 Å². The maximum absolute atomic E-state index is 13.0. The van der Waals surface area contributed by atoms with Gasteiger partial charge < -0.3 is 19.2 Å². The lowest BCUT2D eigenvalue weighted by atomic mass is 9.70. The summed E-state index contributed by atoms with van der Waals surface area (Å²) in [7, 11) is 0. The van der Waals surface area contributed by atoms with Crippen molar-refractivity contribution < 1.29 is 19.1 Å². The van der Waals surface area contributed by atoms with Crippen molar-refractivity contribution in [3.8, 4) is 0 Å². The summed E-state index contributed by atoms with van der Waals surface area (Å²) < 4.78 is 11.2. The van der Waals surface area contributed by atoms with Crippen LogP contribution in [0.3, 0.4) is 0 Å². The van der Waals surface area contributed by atoms with Gasteiger partial charge in [-0.1, -0.05) is 20.8 Å². The van der Waals surface area contributed by atoms with Crippen molar-refractivity contribution >= 4 is 5.91 Å². The molecule has 0 spiro atoms. The first kappa shape index (κ1) is 18.5. The Bertz CT molecular complexity index is 617. The monoisotopic (exact) mass is 349 g/mol. The van der Waals surface area contributed by atoms with Crippen molar-refractivity contribution in [2.45, 2.75) is 58.5 Å². The van der Waals surface area contributed by atoms with E-state index in [0.717, 1.165) is 31.8 Å². The third-order valence-corrected chi connectivity index (χ3v) is 6.08. The maximum atomic E-state index is 13.0. The van der Waals surface area contributed by atoms with Gasteiger partial charge in [0.2, 0.25) is 0 Å². The molecule has 140 valence electrons. The molecule has 1 aromatic rings. The molecule has 2 saturated heterocycles. The molecule has 3 heterocycles. The van der Waals surface area contributed by atoms with Gasteiger partial charge in [-0.05, 0) is 38.2 Å². The fourth-order valence-electron chi connectivity index (χ4n) is 4.30. The van der Waals surface area contributed by atoms with Gasteiger partial charge in [0, 0.05) is 38.1 Å². The number of aliphatic hydroxyl groups is 1. The Hall–Kier alpha value is -1.33. The predicted molar refractivity (Wildman–Crippen MR) is 95.7 cm³/mol. The number of nitrogens with zero attached hydrogens (tertiary/aromatic N) is 1. The molecule has 0 unspecified atom stereocenters. The van der Waals surface area contributed by atoms with Crippen molar-refractivity contribution in [1.82, 2.24) is 4.90 Å². The summed E-state index contributed by atoms with van der Waals surface area (Å²) in [6.45, 7) is 10.7. The number of ether oxygens (including phenoxy) is 1. The minimum atomic E-state index is -0.685. The van der Waals surface area contributed by atoms with Gasteiger partial charge in [0.25, 0.3) is 5.91 Å². The van der Waals surface area contributed by atoms with Crippen LogP contribution in [0.15, 0.2) is 10.5 Å². The van der Waals surface area contributed by atoms with Crippen LogP contribution in [0.1, 0.15) is 67.8 Å². The van der Waals surface area contributed by atoms with Crippen molar-refractivity contribution in [2.75, 3.05) is 26.3 Å². The quantitative estimate of drug-likeness (QED) is 0.909. The summed E-state index contributed by atoms with van der Waals surface area (Å²) in [5.41, 5.74) is -0.0258. The zero-order chi connectivity index (χ0) is 18.2. The summed E-state index contributed by atoms with van der Waals surface area (Å²) >= 11 is 0. The fourth-order valence-corrected chi connectivity index (χ4v) is 4.30. The van der Waals surface area contributed by atoms with Gasteiger partial charge in [-0.2, -0.15) is 0 Å².